The molecule has 13 heavy (non-hydrogen) atoms. The van der Waals surface area contributed by atoms with Crippen LogP contribution in [0.2, 0.25) is 0 Å². The quantitative estimate of drug-likeness (QED) is 0.561. The fourth-order valence-electron chi connectivity index (χ4n) is 2.48. The van der Waals surface area contributed by atoms with E-state index in [0.29, 0.717) is 11.8 Å². The lowest BCUT2D eigenvalue weighted by molar-refractivity contribution is 0.130. The maximum atomic E-state index is 11.2. The van der Waals surface area contributed by atoms with E-state index in [1.807, 2.05) is 0 Å². The summed E-state index contributed by atoms with van der Waals surface area (Å²) in [6.45, 7) is 1.62. The molecule has 1 heterocycles. The van der Waals surface area contributed by atoms with E-state index in [1.54, 1.807) is 4.90 Å². The molecule has 0 N–H and O–H groups in total. The van der Waals surface area contributed by atoms with Crippen LogP contribution < -0.4 is 0 Å². The van der Waals surface area contributed by atoms with Gasteiger partial charge in [-0.3, -0.25) is 0 Å². The van der Waals surface area contributed by atoms with E-state index in [2.05, 4.69) is 4.74 Å². The van der Waals surface area contributed by atoms with Gasteiger partial charge in [-0.05, 0) is 24.7 Å². The smallest absolute Gasteiger partial charge is 0.409 e. The highest BCUT2D eigenvalue weighted by atomic mass is 35.5. The molecule has 1 aliphatic heterocycles. The Hall–Kier alpha value is -0.440. The number of fused-ring (bicyclic) bond motifs is 1. The highest BCUT2D eigenvalue weighted by molar-refractivity contribution is 6.21. The molecule has 2 rings (SSSR count). The monoisotopic (exact) mass is 203 g/mol. The Morgan fingerprint density at radius 3 is 2.85 bits per heavy atom. The summed E-state index contributed by atoms with van der Waals surface area (Å²) in [4.78, 5) is 13.0. The number of likely N-dealkylation sites (tertiary alicyclic amines) is 1. The Morgan fingerprint density at radius 1 is 1.46 bits per heavy atom. The maximum Gasteiger partial charge on any atom is 0.409 e. The standard InChI is InChI=1S/C9H14ClNO2/c1-13-9(12)11-4-6-2-3-8(10)7(6)5-11/h6-8H,2-5H2,1H3/t6-,7+,8+/m1/s1. The van der Waals surface area contributed by atoms with Crippen LogP contribution in [-0.4, -0.2) is 36.6 Å². The molecule has 0 aromatic heterocycles. The molecule has 0 unspecified atom stereocenters. The predicted octanol–water partition coefficient (Wildman–Crippen LogP) is 1.70. The molecule has 3 nitrogen and oxygen atoms in total. The topological polar surface area (TPSA) is 29.5 Å². The molecule has 1 saturated carbocycles. The molecule has 0 aromatic rings. The predicted molar refractivity (Wildman–Crippen MR) is 49.8 cm³/mol. The van der Waals surface area contributed by atoms with Crippen molar-refractivity contribution in [2.45, 2.75) is 18.2 Å². The van der Waals surface area contributed by atoms with Crippen molar-refractivity contribution >= 4 is 17.7 Å². The Bertz CT molecular complexity index is 222. The first kappa shape index (κ1) is 9.13. The SMILES string of the molecule is COC(=O)N1C[C@H]2CC[C@H](Cl)[C@H]2C1. The fourth-order valence-corrected chi connectivity index (χ4v) is 2.89. The molecule has 3 atom stereocenters. The second kappa shape index (κ2) is 3.37. The summed E-state index contributed by atoms with van der Waals surface area (Å²) in [5.74, 6) is 1.11. The van der Waals surface area contributed by atoms with Gasteiger partial charge in [0, 0.05) is 18.5 Å². The highest BCUT2D eigenvalue weighted by Crippen LogP contribution is 2.40. The number of hydrogen-bond acceptors (Lipinski definition) is 2. The Balaban J connectivity index is 1.98. The fraction of sp³-hybridized carbons (Fsp3) is 0.889. The first-order valence-electron chi connectivity index (χ1n) is 4.69. The van der Waals surface area contributed by atoms with Crippen LogP contribution in [0, 0.1) is 11.8 Å². The lowest BCUT2D eigenvalue weighted by atomic mass is 10.0. The number of rotatable bonds is 0. The van der Waals surface area contributed by atoms with Gasteiger partial charge in [0.2, 0.25) is 0 Å². The van der Waals surface area contributed by atoms with E-state index in [-0.39, 0.29) is 11.5 Å². The zero-order chi connectivity index (χ0) is 9.42. The van der Waals surface area contributed by atoms with Crippen LogP contribution in [-0.2, 0) is 4.74 Å². The number of alkyl halides is 1. The third-order valence-electron chi connectivity index (χ3n) is 3.20. The zero-order valence-electron chi connectivity index (χ0n) is 7.70. The second-order valence-electron chi connectivity index (χ2n) is 3.89. The molecule has 2 aliphatic rings. The number of ether oxygens (including phenoxy) is 1. The normalized spacial score (nSPS) is 37.7. The van der Waals surface area contributed by atoms with Crippen molar-refractivity contribution in [2.24, 2.45) is 11.8 Å². The van der Waals surface area contributed by atoms with Crippen LogP contribution in [0.5, 0.6) is 0 Å². The summed E-state index contributed by atoms with van der Waals surface area (Å²) in [5.41, 5.74) is 0. The molecule has 1 aliphatic carbocycles. The van der Waals surface area contributed by atoms with E-state index in [9.17, 15) is 4.79 Å². The third kappa shape index (κ3) is 1.50. The minimum absolute atomic E-state index is 0.210. The zero-order valence-corrected chi connectivity index (χ0v) is 8.46. The molecule has 4 heteroatoms. The van der Waals surface area contributed by atoms with Gasteiger partial charge in [-0.2, -0.15) is 0 Å². The van der Waals surface area contributed by atoms with E-state index in [4.69, 9.17) is 11.6 Å². The van der Waals surface area contributed by atoms with Gasteiger partial charge in [0.15, 0.2) is 0 Å². The number of halogens is 1. The summed E-state index contributed by atoms with van der Waals surface area (Å²) >= 11 is 6.15. The van der Waals surface area contributed by atoms with Crippen LogP contribution >= 0.6 is 11.6 Å². The Kier molecular flexibility index (Phi) is 2.37. The number of methoxy groups -OCH3 is 1. The summed E-state index contributed by atoms with van der Waals surface area (Å²) in [6, 6.07) is 0. The minimum Gasteiger partial charge on any atom is -0.453 e. The van der Waals surface area contributed by atoms with Crippen LogP contribution in [0.25, 0.3) is 0 Å². The lowest BCUT2D eigenvalue weighted by Gasteiger charge is -2.15. The lowest BCUT2D eigenvalue weighted by Crippen LogP contribution is -2.30. The van der Waals surface area contributed by atoms with Crippen molar-refractivity contribution in [1.82, 2.24) is 4.90 Å². The van der Waals surface area contributed by atoms with Crippen molar-refractivity contribution in [3.8, 4) is 0 Å². The molecule has 0 bridgehead atoms. The second-order valence-corrected chi connectivity index (χ2v) is 4.45. The first-order valence-corrected chi connectivity index (χ1v) is 5.13. The third-order valence-corrected chi connectivity index (χ3v) is 3.74. The first-order chi connectivity index (χ1) is 6.22. The number of nitrogens with zero attached hydrogens (tertiary/aromatic N) is 1. The molecule has 74 valence electrons. The van der Waals surface area contributed by atoms with Crippen LogP contribution in [0.1, 0.15) is 12.8 Å². The van der Waals surface area contributed by atoms with Gasteiger partial charge in [-0.1, -0.05) is 0 Å². The van der Waals surface area contributed by atoms with Gasteiger partial charge in [0.25, 0.3) is 0 Å². The van der Waals surface area contributed by atoms with Crippen molar-refractivity contribution in [3.63, 3.8) is 0 Å². The molecule has 1 saturated heterocycles. The van der Waals surface area contributed by atoms with E-state index >= 15 is 0 Å². The summed E-state index contributed by atoms with van der Waals surface area (Å²) in [5, 5.41) is 0.264. The van der Waals surface area contributed by atoms with Crippen molar-refractivity contribution in [3.05, 3.63) is 0 Å². The number of hydrogen-bond donors (Lipinski definition) is 0. The number of amides is 1. The average Bonchev–Trinajstić information content (AvgIpc) is 2.67. The van der Waals surface area contributed by atoms with Crippen molar-refractivity contribution < 1.29 is 9.53 Å². The average molecular weight is 204 g/mol. The van der Waals surface area contributed by atoms with E-state index in [0.717, 1.165) is 25.9 Å². The van der Waals surface area contributed by atoms with Crippen molar-refractivity contribution in [2.75, 3.05) is 20.2 Å². The molecular formula is C9H14ClNO2. The van der Waals surface area contributed by atoms with Crippen LogP contribution in [0.4, 0.5) is 4.79 Å². The Morgan fingerprint density at radius 2 is 2.23 bits per heavy atom. The summed E-state index contributed by atoms with van der Waals surface area (Å²) < 4.78 is 4.68. The largest absolute Gasteiger partial charge is 0.453 e. The van der Waals surface area contributed by atoms with Gasteiger partial charge in [0.1, 0.15) is 0 Å². The van der Waals surface area contributed by atoms with Crippen LogP contribution in [0.15, 0.2) is 0 Å². The molecule has 1 amide bonds. The Labute approximate surface area is 83.0 Å². The van der Waals surface area contributed by atoms with E-state index < -0.39 is 0 Å². The van der Waals surface area contributed by atoms with Gasteiger partial charge in [-0.15, -0.1) is 11.6 Å². The number of carbonyl (C=O) groups excluding carboxylic acids is 1. The number of carbonyl (C=O) groups is 1. The minimum atomic E-state index is -0.210. The molecular weight excluding hydrogens is 190 g/mol. The van der Waals surface area contributed by atoms with E-state index in [1.165, 1.54) is 7.11 Å². The molecule has 2 fully saturated rings. The van der Waals surface area contributed by atoms with Crippen LogP contribution in [0.3, 0.4) is 0 Å². The molecule has 0 radical (unpaired) electrons. The van der Waals surface area contributed by atoms with Gasteiger partial charge < -0.3 is 9.64 Å². The van der Waals surface area contributed by atoms with Gasteiger partial charge >= 0.3 is 6.09 Å². The molecule has 0 aromatic carbocycles. The maximum absolute atomic E-state index is 11.2. The summed E-state index contributed by atoms with van der Waals surface area (Å²) in [6.07, 6.45) is 2.05. The summed E-state index contributed by atoms with van der Waals surface area (Å²) in [7, 11) is 1.43. The van der Waals surface area contributed by atoms with Gasteiger partial charge in [-0.25, -0.2) is 4.79 Å². The molecule has 0 spiro atoms. The highest BCUT2D eigenvalue weighted by Gasteiger charge is 2.43. The van der Waals surface area contributed by atoms with Gasteiger partial charge in [0.05, 0.1) is 7.11 Å². The van der Waals surface area contributed by atoms with Crippen molar-refractivity contribution in [1.29, 1.82) is 0 Å².